The standard InChI is InChI=1S/C12H22O7S.Na/c1-2-3-4-5-6-7-10-18-11(13)8-9-12(14)19-20(15,16)17;/h2-10H2,1H3,(H,15,16,17);/q;+1/p-1. The first-order valence-electron chi connectivity index (χ1n) is 6.69. The van der Waals surface area contributed by atoms with Crippen LogP contribution in [-0.2, 0) is 28.9 Å². The Morgan fingerprint density at radius 1 is 0.952 bits per heavy atom. The van der Waals surface area contributed by atoms with Gasteiger partial charge in [0.1, 0.15) is 0 Å². The van der Waals surface area contributed by atoms with Crippen LogP contribution in [-0.4, -0.2) is 31.5 Å². The minimum atomic E-state index is -5.05. The van der Waals surface area contributed by atoms with Gasteiger partial charge in [0.25, 0.3) is 10.4 Å². The van der Waals surface area contributed by atoms with Crippen molar-refractivity contribution in [2.24, 2.45) is 0 Å². The van der Waals surface area contributed by atoms with Crippen LogP contribution in [0.4, 0.5) is 0 Å². The molecule has 0 spiro atoms. The van der Waals surface area contributed by atoms with Crippen LogP contribution in [0.3, 0.4) is 0 Å². The number of carbonyl (C=O) groups is 2. The van der Waals surface area contributed by atoms with Crippen molar-refractivity contribution in [2.45, 2.75) is 58.3 Å². The molecule has 0 bridgehead atoms. The predicted molar refractivity (Wildman–Crippen MR) is 69.4 cm³/mol. The molecule has 0 rings (SSSR count). The largest absolute Gasteiger partial charge is 1.00 e. The molecule has 7 nitrogen and oxygen atoms in total. The van der Waals surface area contributed by atoms with Gasteiger partial charge in [-0.2, -0.15) is 0 Å². The molecule has 21 heavy (non-hydrogen) atoms. The van der Waals surface area contributed by atoms with Gasteiger partial charge in [-0.25, -0.2) is 8.42 Å². The molecule has 0 aromatic rings. The number of ether oxygens (including phenoxy) is 1. The molecule has 0 aromatic carbocycles. The van der Waals surface area contributed by atoms with Crippen LogP contribution in [0.25, 0.3) is 0 Å². The second-order valence-corrected chi connectivity index (χ2v) is 5.33. The fourth-order valence-corrected chi connectivity index (χ4v) is 1.81. The van der Waals surface area contributed by atoms with E-state index in [4.69, 9.17) is 4.74 Å². The minimum Gasteiger partial charge on any atom is -0.716 e. The molecule has 0 aliphatic rings. The van der Waals surface area contributed by atoms with Crippen molar-refractivity contribution in [3.63, 3.8) is 0 Å². The number of esters is 1. The van der Waals surface area contributed by atoms with Gasteiger partial charge in [-0.3, -0.25) is 9.59 Å². The van der Waals surface area contributed by atoms with Crippen molar-refractivity contribution in [2.75, 3.05) is 6.61 Å². The van der Waals surface area contributed by atoms with Gasteiger partial charge in [0.2, 0.25) is 0 Å². The van der Waals surface area contributed by atoms with E-state index >= 15 is 0 Å². The molecule has 0 amide bonds. The van der Waals surface area contributed by atoms with E-state index < -0.39 is 28.8 Å². The van der Waals surface area contributed by atoms with Crippen molar-refractivity contribution in [1.29, 1.82) is 0 Å². The Balaban J connectivity index is 0. The first-order valence-corrected chi connectivity index (χ1v) is 8.02. The molecule has 0 heterocycles. The Hall–Kier alpha value is -0.150. The maximum atomic E-state index is 11.2. The van der Waals surface area contributed by atoms with Crippen molar-refractivity contribution in [3.8, 4) is 0 Å². The summed E-state index contributed by atoms with van der Waals surface area (Å²) in [4.78, 5) is 22.0. The normalized spacial score (nSPS) is 10.6. The molecule has 0 radical (unpaired) electrons. The first kappa shape index (κ1) is 23.1. The number of rotatable bonds is 11. The zero-order valence-electron chi connectivity index (χ0n) is 12.6. The van der Waals surface area contributed by atoms with Gasteiger partial charge in [-0.1, -0.05) is 39.0 Å². The van der Waals surface area contributed by atoms with Gasteiger partial charge in [0, 0.05) is 0 Å². The molecule has 0 aliphatic heterocycles. The molecule has 0 N–H and O–H groups in total. The van der Waals surface area contributed by atoms with E-state index in [0.29, 0.717) is 0 Å². The van der Waals surface area contributed by atoms with Crippen LogP contribution in [0, 0.1) is 0 Å². The Labute approximate surface area is 148 Å². The number of hydrogen-bond acceptors (Lipinski definition) is 7. The summed E-state index contributed by atoms with van der Waals surface area (Å²) >= 11 is 0. The van der Waals surface area contributed by atoms with Crippen LogP contribution in [0.5, 0.6) is 0 Å². The van der Waals surface area contributed by atoms with E-state index in [1.165, 1.54) is 19.3 Å². The topological polar surface area (TPSA) is 110 Å². The molecule has 0 saturated carbocycles. The van der Waals surface area contributed by atoms with Crippen molar-refractivity contribution in [3.05, 3.63) is 0 Å². The third-order valence-electron chi connectivity index (χ3n) is 2.49. The fraction of sp³-hybridized carbons (Fsp3) is 0.833. The Morgan fingerprint density at radius 2 is 1.48 bits per heavy atom. The molecule has 118 valence electrons. The van der Waals surface area contributed by atoms with Gasteiger partial charge in [0.15, 0.2) is 0 Å². The van der Waals surface area contributed by atoms with Gasteiger partial charge >= 0.3 is 41.5 Å². The first-order chi connectivity index (χ1) is 9.35. The summed E-state index contributed by atoms with van der Waals surface area (Å²) < 4.78 is 38.7. The van der Waals surface area contributed by atoms with Crippen LogP contribution < -0.4 is 29.6 Å². The summed E-state index contributed by atoms with van der Waals surface area (Å²) in [5.41, 5.74) is 0. The Bertz CT molecular complexity index is 394. The smallest absolute Gasteiger partial charge is 0.716 e. The summed E-state index contributed by atoms with van der Waals surface area (Å²) in [5, 5.41) is 0. The summed E-state index contributed by atoms with van der Waals surface area (Å²) in [5.74, 6) is -1.87. The molecule has 0 atom stereocenters. The van der Waals surface area contributed by atoms with Crippen LogP contribution in [0.2, 0.25) is 0 Å². The Kier molecular flexibility index (Phi) is 14.9. The molecule has 0 unspecified atom stereocenters. The Morgan fingerprint density at radius 3 is 2.05 bits per heavy atom. The monoisotopic (exact) mass is 332 g/mol. The second-order valence-electron chi connectivity index (χ2n) is 4.35. The predicted octanol–water partition coefficient (Wildman–Crippen LogP) is -1.32. The van der Waals surface area contributed by atoms with E-state index in [1.807, 2.05) is 0 Å². The quantitative estimate of drug-likeness (QED) is 0.152. The van der Waals surface area contributed by atoms with E-state index in [2.05, 4.69) is 11.1 Å². The molecule has 9 heteroatoms. The van der Waals surface area contributed by atoms with Gasteiger partial charge in [0.05, 0.1) is 19.4 Å². The second kappa shape index (κ2) is 13.5. The van der Waals surface area contributed by atoms with Crippen molar-refractivity contribution < 1.29 is 61.0 Å². The zero-order chi connectivity index (χ0) is 15.4. The summed E-state index contributed by atoms with van der Waals surface area (Å²) in [7, 11) is -5.05. The summed E-state index contributed by atoms with van der Waals surface area (Å²) in [6.45, 7) is 2.41. The minimum absolute atomic E-state index is 0. The summed E-state index contributed by atoms with van der Waals surface area (Å²) in [6.07, 6.45) is 5.58. The molecular formula is C12H21NaO7S. The maximum Gasteiger partial charge on any atom is 1.00 e. The SMILES string of the molecule is CCCCCCCCOC(=O)CCC(=O)OS(=O)(=O)[O-].[Na+]. The van der Waals surface area contributed by atoms with E-state index in [1.54, 1.807) is 0 Å². The van der Waals surface area contributed by atoms with Crippen LogP contribution in [0.15, 0.2) is 0 Å². The number of unbranched alkanes of at least 4 members (excludes halogenated alkanes) is 5. The van der Waals surface area contributed by atoms with Gasteiger partial charge < -0.3 is 13.5 Å². The van der Waals surface area contributed by atoms with E-state index in [9.17, 15) is 22.6 Å². The van der Waals surface area contributed by atoms with Crippen molar-refractivity contribution >= 4 is 22.3 Å². The third-order valence-corrected chi connectivity index (χ3v) is 2.88. The van der Waals surface area contributed by atoms with Gasteiger partial charge in [-0.05, 0) is 6.42 Å². The average molecular weight is 332 g/mol. The number of hydrogen-bond donors (Lipinski definition) is 0. The zero-order valence-corrected chi connectivity index (χ0v) is 15.4. The van der Waals surface area contributed by atoms with E-state index in [-0.39, 0.29) is 42.6 Å². The summed E-state index contributed by atoms with van der Waals surface area (Å²) in [6, 6.07) is 0. The van der Waals surface area contributed by atoms with Crippen LogP contribution >= 0.6 is 0 Å². The molecule has 0 saturated heterocycles. The van der Waals surface area contributed by atoms with E-state index in [0.717, 1.165) is 19.3 Å². The average Bonchev–Trinajstić information content (AvgIpc) is 2.33. The van der Waals surface area contributed by atoms with Crippen molar-refractivity contribution in [1.82, 2.24) is 0 Å². The third kappa shape index (κ3) is 17.8. The molecule has 0 aromatic heterocycles. The molecule has 0 aliphatic carbocycles. The van der Waals surface area contributed by atoms with Gasteiger partial charge in [-0.15, -0.1) is 0 Å². The molecule has 0 fully saturated rings. The molecular weight excluding hydrogens is 311 g/mol. The number of carbonyl (C=O) groups excluding carboxylic acids is 2. The van der Waals surface area contributed by atoms with Crippen LogP contribution in [0.1, 0.15) is 58.3 Å². The fourth-order valence-electron chi connectivity index (χ4n) is 1.50. The maximum absolute atomic E-state index is 11.2.